The minimum atomic E-state index is -0.785. The molecule has 132 valence electrons. The molecule has 0 spiro atoms. The van der Waals surface area contributed by atoms with E-state index in [2.05, 4.69) is 11.6 Å². The van der Waals surface area contributed by atoms with E-state index < -0.39 is 17.4 Å². The molecule has 7 heteroatoms. The summed E-state index contributed by atoms with van der Waals surface area (Å²) >= 11 is 0.999. The summed E-state index contributed by atoms with van der Waals surface area (Å²) in [5.74, 6) is -2.24. The summed E-state index contributed by atoms with van der Waals surface area (Å²) < 4.78 is 28.4. The van der Waals surface area contributed by atoms with Gasteiger partial charge in [0, 0.05) is 6.54 Å². The SMILES string of the molecule is C=CCn1c(SCC(=O)c2cc(F)ccc2F)nc2ccccc2c1=O. The molecule has 0 bridgehead atoms. The molecular formula is C19H14F2N2O2S. The topological polar surface area (TPSA) is 52.0 Å². The molecule has 0 saturated carbocycles. The Morgan fingerprint density at radius 1 is 1.23 bits per heavy atom. The zero-order chi connectivity index (χ0) is 18.7. The normalized spacial score (nSPS) is 10.8. The number of benzene rings is 2. The Bertz CT molecular complexity index is 1060. The maximum absolute atomic E-state index is 13.7. The molecule has 0 amide bonds. The molecule has 0 unspecified atom stereocenters. The van der Waals surface area contributed by atoms with E-state index in [1.165, 1.54) is 4.57 Å². The lowest BCUT2D eigenvalue weighted by molar-refractivity contribution is 0.101. The van der Waals surface area contributed by atoms with Crippen LogP contribution >= 0.6 is 11.8 Å². The van der Waals surface area contributed by atoms with Crippen LogP contribution in [0.4, 0.5) is 8.78 Å². The zero-order valence-electron chi connectivity index (χ0n) is 13.6. The standard InChI is InChI=1S/C19H14F2N2O2S/c1-2-9-23-18(25)13-5-3-4-6-16(13)22-19(23)26-11-17(24)14-10-12(20)7-8-15(14)21/h2-8,10H,1,9,11H2. The van der Waals surface area contributed by atoms with E-state index in [1.54, 1.807) is 30.3 Å². The van der Waals surface area contributed by atoms with Crippen molar-refractivity contribution in [2.75, 3.05) is 5.75 Å². The van der Waals surface area contributed by atoms with Crippen LogP contribution in [0.1, 0.15) is 10.4 Å². The van der Waals surface area contributed by atoms with Crippen molar-refractivity contribution in [3.8, 4) is 0 Å². The second-order valence-electron chi connectivity index (χ2n) is 5.45. The fourth-order valence-electron chi connectivity index (χ4n) is 2.47. The van der Waals surface area contributed by atoms with Crippen LogP contribution in [-0.4, -0.2) is 21.1 Å². The quantitative estimate of drug-likeness (QED) is 0.286. The van der Waals surface area contributed by atoms with Gasteiger partial charge in [0.2, 0.25) is 0 Å². The predicted octanol–water partition coefficient (Wildman–Crippen LogP) is 3.84. The van der Waals surface area contributed by atoms with Crippen molar-refractivity contribution in [2.45, 2.75) is 11.7 Å². The Morgan fingerprint density at radius 3 is 2.77 bits per heavy atom. The van der Waals surface area contributed by atoms with Gasteiger partial charge in [-0.05, 0) is 30.3 Å². The fourth-order valence-corrected chi connectivity index (χ4v) is 3.36. The first kappa shape index (κ1) is 18.0. The number of allylic oxidation sites excluding steroid dienone is 1. The molecule has 0 fully saturated rings. The van der Waals surface area contributed by atoms with Crippen LogP contribution in [0.3, 0.4) is 0 Å². The minimum Gasteiger partial charge on any atom is -0.293 e. The number of thioether (sulfide) groups is 1. The first-order valence-electron chi connectivity index (χ1n) is 7.73. The summed E-state index contributed by atoms with van der Waals surface area (Å²) in [5, 5.41) is 0.778. The number of para-hydroxylation sites is 1. The molecule has 0 N–H and O–H groups in total. The van der Waals surface area contributed by atoms with E-state index in [9.17, 15) is 18.4 Å². The van der Waals surface area contributed by atoms with Crippen molar-refractivity contribution in [1.82, 2.24) is 9.55 Å². The molecule has 3 rings (SSSR count). The molecule has 26 heavy (non-hydrogen) atoms. The second kappa shape index (κ2) is 7.61. The van der Waals surface area contributed by atoms with Crippen LogP contribution in [-0.2, 0) is 6.54 Å². The highest BCUT2D eigenvalue weighted by molar-refractivity contribution is 7.99. The Balaban J connectivity index is 1.94. The number of fused-ring (bicyclic) bond motifs is 1. The maximum atomic E-state index is 13.7. The highest BCUT2D eigenvalue weighted by Crippen LogP contribution is 2.20. The largest absolute Gasteiger partial charge is 0.293 e. The molecule has 0 aliphatic carbocycles. The van der Waals surface area contributed by atoms with E-state index in [4.69, 9.17) is 0 Å². The van der Waals surface area contributed by atoms with Crippen molar-refractivity contribution >= 4 is 28.4 Å². The number of rotatable bonds is 6. The van der Waals surface area contributed by atoms with Crippen LogP contribution in [0.25, 0.3) is 10.9 Å². The van der Waals surface area contributed by atoms with Gasteiger partial charge in [0.15, 0.2) is 10.9 Å². The molecular weight excluding hydrogens is 358 g/mol. The van der Waals surface area contributed by atoms with E-state index >= 15 is 0 Å². The molecule has 1 aromatic heterocycles. The molecule has 0 atom stereocenters. The van der Waals surface area contributed by atoms with Gasteiger partial charge in [-0.1, -0.05) is 30.0 Å². The van der Waals surface area contributed by atoms with Crippen molar-refractivity contribution < 1.29 is 13.6 Å². The number of ketones is 1. The number of aromatic nitrogens is 2. The smallest absolute Gasteiger partial charge is 0.262 e. The van der Waals surface area contributed by atoms with Gasteiger partial charge in [0.1, 0.15) is 11.6 Å². The number of carbonyl (C=O) groups excluding carboxylic acids is 1. The molecule has 0 aliphatic rings. The first-order chi connectivity index (χ1) is 12.5. The summed E-state index contributed by atoms with van der Waals surface area (Å²) in [5.41, 5.74) is -0.0667. The van der Waals surface area contributed by atoms with Gasteiger partial charge in [0.25, 0.3) is 5.56 Å². The maximum Gasteiger partial charge on any atom is 0.262 e. The third-order valence-electron chi connectivity index (χ3n) is 3.70. The van der Waals surface area contributed by atoms with Crippen molar-refractivity contribution in [3.63, 3.8) is 0 Å². The second-order valence-corrected chi connectivity index (χ2v) is 6.39. The number of hydrogen-bond donors (Lipinski definition) is 0. The van der Waals surface area contributed by atoms with E-state index in [1.807, 2.05) is 0 Å². The van der Waals surface area contributed by atoms with Gasteiger partial charge in [-0.2, -0.15) is 0 Å². The van der Waals surface area contributed by atoms with Gasteiger partial charge < -0.3 is 0 Å². The van der Waals surface area contributed by atoms with Gasteiger partial charge in [-0.3, -0.25) is 14.2 Å². The number of carbonyl (C=O) groups is 1. The first-order valence-corrected chi connectivity index (χ1v) is 8.71. The van der Waals surface area contributed by atoms with Crippen LogP contribution in [0, 0.1) is 11.6 Å². The average Bonchev–Trinajstić information content (AvgIpc) is 2.64. The minimum absolute atomic E-state index is 0.178. The Hall–Kier alpha value is -2.80. The lowest BCUT2D eigenvalue weighted by Gasteiger charge is -2.11. The molecule has 0 saturated heterocycles. The lowest BCUT2D eigenvalue weighted by atomic mass is 10.1. The Morgan fingerprint density at radius 2 is 2.00 bits per heavy atom. The van der Waals surface area contributed by atoms with Gasteiger partial charge in [-0.15, -0.1) is 6.58 Å². The number of hydrogen-bond acceptors (Lipinski definition) is 4. The fraction of sp³-hybridized carbons (Fsp3) is 0.105. The van der Waals surface area contributed by atoms with Crippen molar-refractivity contribution in [2.24, 2.45) is 0 Å². The average molecular weight is 372 g/mol. The summed E-state index contributed by atoms with van der Waals surface area (Å²) in [6.07, 6.45) is 1.55. The third kappa shape index (κ3) is 3.57. The summed E-state index contributed by atoms with van der Waals surface area (Å²) in [6, 6.07) is 9.60. The zero-order valence-corrected chi connectivity index (χ0v) is 14.4. The van der Waals surface area contributed by atoms with Crippen molar-refractivity contribution in [3.05, 3.63) is 82.7 Å². The highest BCUT2D eigenvalue weighted by atomic mass is 32.2. The van der Waals surface area contributed by atoms with Gasteiger partial charge in [0.05, 0.1) is 22.2 Å². The van der Waals surface area contributed by atoms with E-state index in [-0.39, 0.29) is 23.4 Å². The summed E-state index contributed by atoms with van der Waals surface area (Å²) in [7, 11) is 0. The molecule has 4 nitrogen and oxygen atoms in total. The number of Topliss-reactive ketones (excluding diaryl/α,β-unsaturated/α-hetero) is 1. The lowest BCUT2D eigenvalue weighted by Crippen LogP contribution is -2.23. The van der Waals surface area contributed by atoms with Gasteiger partial charge in [-0.25, -0.2) is 13.8 Å². The highest BCUT2D eigenvalue weighted by Gasteiger charge is 2.16. The summed E-state index contributed by atoms with van der Waals surface area (Å²) in [6.45, 7) is 3.85. The van der Waals surface area contributed by atoms with Crippen LogP contribution in [0.15, 0.2) is 65.1 Å². The van der Waals surface area contributed by atoms with Crippen LogP contribution in [0.5, 0.6) is 0 Å². The third-order valence-corrected chi connectivity index (χ3v) is 4.68. The van der Waals surface area contributed by atoms with Gasteiger partial charge >= 0.3 is 0 Å². The summed E-state index contributed by atoms with van der Waals surface area (Å²) in [4.78, 5) is 29.3. The monoisotopic (exact) mass is 372 g/mol. The van der Waals surface area contributed by atoms with Crippen LogP contribution < -0.4 is 5.56 Å². The molecule has 1 heterocycles. The van der Waals surface area contributed by atoms with E-state index in [0.29, 0.717) is 16.1 Å². The molecule has 0 aliphatic heterocycles. The van der Waals surface area contributed by atoms with Crippen molar-refractivity contribution in [1.29, 1.82) is 0 Å². The number of halogens is 2. The molecule has 3 aromatic rings. The van der Waals surface area contributed by atoms with E-state index in [0.717, 1.165) is 30.0 Å². The predicted molar refractivity (Wildman–Crippen MR) is 97.6 cm³/mol. The van der Waals surface area contributed by atoms with Crippen LogP contribution in [0.2, 0.25) is 0 Å². The Kier molecular flexibility index (Phi) is 5.27. The molecule has 2 aromatic carbocycles. The molecule has 0 radical (unpaired) electrons. The Labute approximate surface area is 152 Å². The number of nitrogens with zero attached hydrogens (tertiary/aromatic N) is 2.